The third-order valence-electron chi connectivity index (χ3n) is 3.07. The van der Waals surface area contributed by atoms with E-state index in [1.807, 2.05) is 0 Å². The van der Waals surface area contributed by atoms with E-state index in [0.717, 1.165) is 12.1 Å². The maximum absolute atomic E-state index is 13.6. The molecule has 2 rings (SSSR count). The summed E-state index contributed by atoms with van der Waals surface area (Å²) < 4.78 is 53.5. The van der Waals surface area contributed by atoms with E-state index in [1.165, 1.54) is 24.3 Å². The van der Waals surface area contributed by atoms with E-state index < -0.39 is 29.9 Å². The minimum atomic E-state index is -4.79. The van der Waals surface area contributed by atoms with E-state index in [1.54, 1.807) is 19.1 Å². The number of halogens is 4. The van der Waals surface area contributed by atoms with Gasteiger partial charge in [0.05, 0.1) is 6.04 Å². The Morgan fingerprint density at radius 3 is 2.26 bits per heavy atom. The van der Waals surface area contributed by atoms with E-state index in [0.29, 0.717) is 5.56 Å². The number of benzene rings is 2. The van der Waals surface area contributed by atoms with Crippen molar-refractivity contribution in [2.45, 2.75) is 19.3 Å². The fraction of sp³-hybridized carbons (Fsp3) is 0.188. The van der Waals surface area contributed by atoms with Crippen molar-refractivity contribution in [1.82, 2.24) is 5.32 Å². The highest BCUT2D eigenvalue weighted by atomic mass is 19.4. The van der Waals surface area contributed by atoms with Crippen LogP contribution in [0.25, 0.3) is 0 Å². The van der Waals surface area contributed by atoms with Gasteiger partial charge in [0.2, 0.25) is 0 Å². The molecule has 0 aliphatic rings. The van der Waals surface area contributed by atoms with Crippen molar-refractivity contribution in [2.24, 2.45) is 0 Å². The Bertz CT molecular complexity index is 683. The van der Waals surface area contributed by atoms with Crippen LogP contribution in [-0.4, -0.2) is 12.3 Å². The summed E-state index contributed by atoms with van der Waals surface area (Å²) in [6, 6.07) is 9.88. The molecule has 7 heteroatoms. The van der Waals surface area contributed by atoms with Crippen molar-refractivity contribution < 1.29 is 27.1 Å². The molecule has 0 spiro atoms. The van der Waals surface area contributed by atoms with Gasteiger partial charge in [0.15, 0.2) is 0 Å². The monoisotopic (exact) mass is 327 g/mol. The van der Waals surface area contributed by atoms with Crippen molar-refractivity contribution in [1.29, 1.82) is 0 Å². The number of amides is 1. The van der Waals surface area contributed by atoms with Gasteiger partial charge in [-0.15, -0.1) is 13.2 Å². The van der Waals surface area contributed by atoms with E-state index in [9.17, 15) is 22.4 Å². The van der Waals surface area contributed by atoms with Crippen LogP contribution in [0, 0.1) is 5.82 Å². The van der Waals surface area contributed by atoms with Gasteiger partial charge < -0.3 is 10.1 Å². The standard InChI is InChI=1S/C16H13F4NO2/c1-10(13-4-2-3-5-14(13)17)21-15(22)11-6-8-12(9-7-11)23-16(18,19)20/h2-10H,1H3,(H,21,22)/t10-/m1/s1. The second-order valence-electron chi connectivity index (χ2n) is 4.79. The molecule has 1 atom stereocenters. The second-order valence-corrected chi connectivity index (χ2v) is 4.79. The van der Waals surface area contributed by atoms with Gasteiger partial charge in [-0.05, 0) is 37.3 Å². The third-order valence-corrected chi connectivity index (χ3v) is 3.07. The first-order valence-corrected chi connectivity index (χ1v) is 6.67. The Morgan fingerprint density at radius 2 is 1.70 bits per heavy atom. The smallest absolute Gasteiger partial charge is 0.406 e. The molecule has 0 radical (unpaired) electrons. The zero-order valence-corrected chi connectivity index (χ0v) is 12.0. The maximum Gasteiger partial charge on any atom is 0.573 e. The molecule has 23 heavy (non-hydrogen) atoms. The molecule has 122 valence electrons. The molecule has 0 aliphatic heterocycles. The molecule has 2 aromatic rings. The Balaban J connectivity index is 2.05. The molecule has 0 heterocycles. The number of carbonyl (C=O) groups excluding carboxylic acids is 1. The first-order chi connectivity index (χ1) is 10.8. The second kappa shape index (κ2) is 6.68. The van der Waals surface area contributed by atoms with Crippen LogP contribution in [0.2, 0.25) is 0 Å². The number of ether oxygens (including phenoxy) is 1. The molecule has 2 aromatic carbocycles. The highest BCUT2D eigenvalue weighted by Crippen LogP contribution is 2.23. The lowest BCUT2D eigenvalue weighted by Crippen LogP contribution is -2.27. The number of alkyl halides is 3. The Morgan fingerprint density at radius 1 is 1.09 bits per heavy atom. The van der Waals surface area contributed by atoms with Crippen LogP contribution in [-0.2, 0) is 0 Å². The van der Waals surface area contributed by atoms with Gasteiger partial charge in [0, 0.05) is 11.1 Å². The van der Waals surface area contributed by atoms with Crippen LogP contribution in [0.5, 0.6) is 5.75 Å². The lowest BCUT2D eigenvalue weighted by molar-refractivity contribution is -0.274. The predicted molar refractivity (Wildman–Crippen MR) is 75.4 cm³/mol. The quantitative estimate of drug-likeness (QED) is 0.854. The van der Waals surface area contributed by atoms with Gasteiger partial charge in [-0.25, -0.2) is 4.39 Å². The number of nitrogens with one attached hydrogen (secondary N) is 1. The molecule has 0 aromatic heterocycles. The summed E-state index contributed by atoms with van der Waals surface area (Å²) >= 11 is 0. The summed E-state index contributed by atoms with van der Waals surface area (Å²) in [5.41, 5.74) is 0.459. The molecule has 0 fully saturated rings. The highest BCUT2D eigenvalue weighted by Gasteiger charge is 2.31. The number of carbonyl (C=O) groups is 1. The van der Waals surface area contributed by atoms with E-state index in [4.69, 9.17) is 0 Å². The predicted octanol–water partition coefficient (Wildman–Crippen LogP) is 4.22. The van der Waals surface area contributed by atoms with Gasteiger partial charge in [-0.1, -0.05) is 18.2 Å². The van der Waals surface area contributed by atoms with Gasteiger partial charge in [0.25, 0.3) is 5.91 Å². The molecule has 1 N–H and O–H groups in total. The summed E-state index contributed by atoms with van der Waals surface area (Å²) in [7, 11) is 0. The fourth-order valence-electron chi connectivity index (χ4n) is 1.99. The molecular weight excluding hydrogens is 314 g/mol. The first-order valence-electron chi connectivity index (χ1n) is 6.67. The minimum Gasteiger partial charge on any atom is -0.406 e. The number of hydrogen-bond donors (Lipinski definition) is 1. The Hall–Kier alpha value is -2.57. The molecule has 0 saturated heterocycles. The Kier molecular flexibility index (Phi) is 4.88. The summed E-state index contributed by atoms with van der Waals surface area (Å²) in [6.45, 7) is 1.61. The average molecular weight is 327 g/mol. The maximum atomic E-state index is 13.6. The van der Waals surface area contributed by atoms with Gasteiger partial charge in [-0.3, -0.25) is 4.79 Å². The van der Waals surface area contributed by atoms with Gasteiger partial charge >= 0.3 is 6.36 Å². The van der Waals surface area contributed by atoms with Crippen LogP contribution < -0.4 is 10.1 Å². The normalized spacial score (nSPS) is 12.6. The topological polar surface area (TPSA) is 38.3 Å². The molecule has 0 saturated carbocycles. The van der Waals surface area contributed by atoms with Crippen molar-refractivity contribution >= 4 is 5.91 Å². The lowest BCUT2D eigenvalue weighted by atomic mass is 10.1. The fourth-order valence-corrected chi connectivity index (χ4v) is 1.99. The van der Waals surface area contributed by atoms with Crippen molar-refractivity contribution in [2.75, 3.05) is 0 Å². The lowest BCUT2D eigenvalue weighted by Gasteiger charge is -2.15. The molecule has 0 unspecified atom stereocenters. The molecule has 0 bridgehead atoms. The van der Waals surface area contributed by atoms with Crippen LogP contribution in [0.3, 0.4) is 0 Å². The van der Waals surface area contributed by atoms with Crippen LogP contribution in [0.1, 0.15) is 28.9 Å². The van der Waals surface area contributed by atoms with Crippen LogP contribution in [0.4, 0.5) is 17.6 Å². The number of rotatable bonds is 4. The first kappa shape index (κ1) is 16.8. The average Bonchev–Trinajstić information content (AvgIpc) is 2.46. The SMILES string of the molecule is C[C@@H](NC(=O)c1ccc(OC(F)(F)F)cc1)c1ccccc1F. The summed E-state index contributed by atoms with van der Waals surface area (Å²) in [5.74, 6) is -1.40. The third kappa shape index (κ3) is 4.70. The van der Waals surface area contributed by atoms with Crippen molar-refractivity contribution in [3.05, 3.63) is 65.5 Å². The van der Waals surface area contributed by atoms with E-state index >= 15 is 0 Å². The van der Waals surface area contributed by atoms with Gasteiger partial charge in [-0.2, -0.15) is 0 Å². The largest absolute Gasteiger partial charge is 0.573 e. The highest BCUT2D eigenvalue weighted by molar-refractivity contribution is 5.94. The molecule has 3 nitrogen and oxygen atoms in total. The van der Waals surface area contributed by atoms with E-state index in [2.05, 4.69) is 10.1 Å². The van der Waals surface area contributed by atoms with Gasteiger partial charge in [0.1, 0.15) is 11.6 Å². The molecular formula is C16H13F4NO2. The number of hydrogen-bond acceptors (Lipinski definition) is 2. The minimum absolute atomic E-state index is 0.141. The summed E-state index contributed by atoms with van der Waals surface area (Å²) in [5, 5.41) is 2.58. The Labute approximate surface area is 129 Å². The van der Waals surface area contributed by atoms with Crippen molar-refractivity contribution in [3.8, 4) is 5.75 Å². The van der Waals surface area contributed by atoms with Crippen LogP contribution in [0.15, 0.2) is 48.5 Å². The van der Waals surface area contributed by atoms with E-state index in [-0.39, 0.29) is 5.56 Å². The zero-order chi connectivity index (χ0) is 17.0. The van der Waals surface area contributed by atoms with Crippen LogP contribution >= 0.6 is 0 Å². The van der Waals surface area contributed by atoms with Crippen molar-refractivity contribution in [3.63, 3.8) is 0 Å². The summed E-state index contributed by atoms with van der Waals surface area (Å²) in [6.07, 6.45) is -4.79. The molecule has 0 aliphatic carbocycles. The summed E-state index contributed by atoms with van der Waals surface area (Å²) in [4.78, 5) is 12.0. The molecule has 1 amide bonds. The zero-order valence-electron chi connectivity index (χ0n) is 12.0.